The van der Waals surface area contributed by atoms with E-state index in [4.69, 9.17) is 4.98 Å². The molecule has 0 atom stereocenters. The van der Waals surface area contributed by atoms with Crippen molar-refractivity contribution in [2.24, 2.45) is 0 Å². The molecule has 0 saturated heterocycles. The summed E-state index contributed by atoms with van der Waals surface area (Å²) in [6, 6.07) is 16.8. The standard InChI is InChI=1S/C18H17N3S/c1-2-11-21-15(17-8-5-12-22-17)9-10-16(21)18-19-13-6-3-4-7-14(13)20-18/h3-10,12H,2,11H2,1H3,(H,19,20). The SMILES string of the molecule is CCCn1c(-c2nc3ccccc3[nH]2)ccc1-c1cccs1. The molecule has 22 heavy (non-hydrogen) atoms. The number of nitrogens with one attached hydrogen (secondary N) is 1. The monoisotopic (exact) mass is 307 g/mol. The minimum Gasteiger partial charge on any atom is -0.337 e. The largest absolute Gasteiger partial charge is 0.337 e. The fourth-order valence-corrected chi connectivity index (χ4v) is 3.61. The molecular formula is C18H17N3S. The molecule has 0 amide bonds. The van der Waals surface area contributed by atoms with Gasteiger partial charge in [-0.3, -0.25) is 0 Å². The summed E-state index contributed by atoms with van der Waals surface area (Å²) in [5.41, 5.74) is 4.52. The molecule has 4 aromatic rings. The Balaban J connectivity index is 1.87. The highest BCUT2D eigenvalue weighted by atomic mass is 32.1. The normalized spacial score (nSPS) is 11.3. The lowest BCUT2D eigenvalue weighted by atomic mass is 10.3. The zero-order valence-corrected chi connectivity index (χ0v) is 13.2. The lowest BCUT2D eigenvalue weighted by Crippen LogP contribution is -2.01. The number of thiophene rings is 1. The van der Waals surface area contributed by atoms with E-state index in [0.29, 0.717) is 0 Å². The summed E-state index contributed by atoms with van der Waals surface area (Å²) in [4.78, 5) is 9.49. The second-order valence-corrected chi connectivity index (χ2v) is 6.28. The number of para-hydroxylation sites is 2. The Hall–Kier alpha value is -2.33. The number of H-pyrrole nitrogens is 1. The third-order valence-corrected chi connectivity index (χ3v) is 4.73. The van der Waals surface area contributed by atoms with Crippen LogP contribution in [0.25, 0.3) is 33.1 Å². The van der Waals surface area contributed by atoms with Crippen molar-refractivity contribution in [3.05, 3.63) is 53.9 Å². The van der Waals surface area contributed by atoms with E-state index in [1.165, 1.54) is 10.6 Å². The molecule has 4 heteroatoms. The summed E-state index contributed by atoms with van der Waals surface area (Å²) in [5, 5.41) is 2.12. The number of nitrogens with zero attached hydrogens (tertiary/aromatic N) is 2. The number of imidazole rings is 1. The zero-order valence-electron chi connectivity index (χ0n) is 12.4. The lowest BCUT2D eigenvalue weighted by Gasteiger charge is -2.10. The average molecular weight is 307 g/mol. The van der Waals surface area contributed by atoms with Gasteiger partial charge in [-0.25, -0.2) is 4.98 Å². The second kappa shape index (κ2) is 5.46. The van der Waals surface area contributed by atoms with Gasteiger partial charge in [0.2, 0.25) is 0 Å². The van der Waals surface area contributed by atoms with E-state index < -0.39 is 0 Å². The Morgan fingerprint density at radius 3 is 2.68 bits per heavy atom. The fourth-order valence-electron chi connectivity index (χ4n) is 2.85. The van der Waals surface area contributed by atoms with E-state index in [1.54, 1.807) is 11.3 Å². The van der Waals surface area contributed by atoms with E-state index in [-0.39, 0.29) is 0 Å². The second-order valence-electron chi connectivity index (χ2n) is 5.34. The molecule has 3 aromatic heterocycles. The van der Waals surface area contributed by atoms with E-state index in [1.807, 2.05) is 18.2 Å². The van der Waals surface area contributed by atoms with E-state index in [9.17, 15) is 0 Å². The molecule has 0 aliphatic heterocycles. The molecule has 0 fully saturated rings. The minimum atomic E-state index is 0.942. The summed E-state index contributed by atoms with van der Waals surface area (Å²) < 4.78 is 2.36. The average Bonchev–Trinajstić information content (AvgIpc) is 3.25. The zero-order chi connectivity index (χ0) is 14.9. The summed E-state index contributed by atoms with van der Waals surface area (Å²) in [7, 11) is 0. The van der Waals surface area contributed by atoms with Crippen LogP contribution in [0.15, 0.2) is 53.9 Å². The van der Waals surface area contributed by atoms with Gasteiger partial charge in [-0.05, 0) is 42.1 Å². The topological polar surface area (TPSA) is 33.6 Å². The molecule has 0 aliphatic rings. The number of rotatable bonds is 4. The first-order valence-electron chi connectivity index (χ1n) is 7.55. The maximum absolute atomic E-state index is 4.75. The third kappa shape index (κ3) is 2.16. The summed E-state index contributed by atoms with van der Waals surface area (Å²) in [6.45, 7) is 3.20. The molecule has 1 aromatic carbocycles. The molecular weight excluding hydrogens is 290 g/mol. The van der Waals surface area contributed by atoms with Gasteiger partial charge in [-0.15, -0.1) is 11.3 Å². The number of benzene rings is 1. The quantitative estimate of drug-likeness (QED) is 0.554. The summed E-state index contributed by atoms with van der Waals surface area (Å²) in [6.07, 6.45) is 1.10. The predicted octanol–water partition coefficient (Wildman–Crippen LogP) is 5.17. The van der Waals surface area contributed by atoms with Crippen LogP contribution in [0.1, 0.15) is 13.3 Å². The molecule has 3 nitrogen and oxygen atoms in total. The Kier molecular flexibility index (Phi) is 3.31. The Morgan fingerprint density at radius 2 is 1.91 bits per heavy atom. The molecule has 0 spiro atoms. The maximum atomic E-state index is 4.75. The van der Waals surface area contributed by atoms with Gasteiger partial charge in [0.1, 0.15) is 0 Å². The number of aromatic nitrogens is 3. The van der Waals surface area contributed by atoms with Crippen molar-refractivity contribution in [2.45, 2.75) is 19.9 Å². The molecule has 0 bridgehead atoms. The maximum Gasteiger partial charge on any atom is 0.155 e. The predicted molar refractivity (Wildman–Crippen MR) is 93.1 cm³/mol. The number of hydrogen-bond acceptors (Lipinski definition) is 2. The van der Waals surface area contributed by atoms with Crippen molar-refractivity contribution in [3.63, 3.8) is 0 Å². The van der Waals surface area contributed by atoms with Gasteiger partial charge in [-0.2, -0.15) is 0 Å². The van der Waals surface area contributed by atoms with E-state index >= 15 is 0 Å². The first kappa shape index (κ1) is 13.3. The van der Waals surface area contributed by atoms with Gasteiger partial charge in [0.05, 0.1) is 27.3 Å². The first-order valence-corrected chi connectivity index (χ1v) is 8.43. The van der Waals surface area contributed by atoms with Gasteiger partial charge < -0.3 is 9.55 Å². The number of hydrogen-bond donors (Lipinski definition) is 1. The highest BCUT2D eigenvalue weighted by Gasteiger charge is 2.14. The van der Waals surface area contributed by atoms with Crippen molar-refractivity contribution in [2.75, 3.05) is 0 Å². The molecule has 3 heterocycles. The molecule has 4 rings (SSSR count). The van der Waals surface area contributed by atoms with Gasteiger partial charge in [0, 0.05) is 6.54 Å². The van der Waals surface area contributed by atoms with Crippen molar-refractivity contribution in [1.82, 2.24) is 14.5 Å². The van der Waals surface area contributed by atoms with Gasteiger partial charge >= 0.3 is 0 Å². The van der Waals surface area contributed by atoms with Gasteiger partial charge in [0.25, 0.3) is 0 Å². The first-order chi connectivity index (χ1) is 10.9. The molecule has 110 valence electrons. The van der Waals surface area contributed by atoms with Crippen LogP contribution in [-0.2, 0) is 6.54 Å². The molecule has 1 N–H and O–H groups in total. The van der Waals surface area contributed by atoms with Crippen LogP contribution in [0.3, 0.4) is 0 Å². The fraction of sp³-hybridized carbons (Fsp3) is 0.167. The van der Waals surface area contributed by atoms with Gasteiger partial charge in [-0.1, -0.05) is 25.1 Å². The smallest absolute Gasteiger partial charge is 0.155 e. The van der Waals surface area contributed by atoms with Crippen LogP contribution < -0.4 is 0 Å². The number of fused-ring (bicyclic) bond motifs is 1. The highest BCUT2D eigenvalue weighted by molar-refractivity contribution is 7.13. The van der Waals surface area contributed by atoms with Crippen LogP contribution >= 0.6 is 11.3 Å². The Bertz CT molecular complexity index is 867. The van der Waals surface area contributed by atoms with Crippen molar-refractivity contribution in [3.8, 4) is 22.1 Å². The summed E-state index contributed by atoms with van der Waals surface area (Å²) in [5.74, 6) is 0.942. The van der Waals surface area contributed by atoms with E-state index in [0.717, 1.165) is 35.5 Å². The Labute approximate surface area is 133 Å². The van der Waals surface area contributed by atoms with Crippen molar-refractivity contribution < 1.29 is 0 Å². The van der Waals surface area contributed by atoms with Crippen LogP contribution in [0.4, 0.5) is 0 Å². The van der Waals surface area contributed by atoms with E-state index in [2.05, 4.69) is 52.2 Å². The highest BCUT2D eigenvalue weighted by Crippen LogP contribution is 2.31. The summed E-state index contributed by atoms with van der Waals surface area (Å²) >= 11 is 1.78. The molecule has 0 unspecified atom stereocenters. The molecule has 0 saturated carbocycles. The Morgan fingerprint density at radius 1 is 1.05 bits per heavy atom. The molecule has 0 radical (unpaired) electrons. The number of aromatic amines is 1. The van der Waals surface area contributed by atoms with Crippen LogP contribution in [0.5, 0.6) is 0 Å². The van der Waals surface area contributed by atoms with Crippen molar-refractivity contribution >= 4 is 22.4 Å². The van der Waals surface area contributed by atoms with Crippen LogP contribution in [0.2, 0.25) is 0 Å². The molecule has 0 aliphatic carbocycles. The lowest BCUT2D eigenvalue weighted by molar-refractivity contribution is 0.694. The minimum absolute atomic E-state index is 0.942. The van der Waals surface area contributed by atoms with Gasteiger partial charge in [0.15, 0.2) is 5.82 Å². The van der Waals surface area contributed by atoms with Crippen LogP contribution in [-0.4, -0.2) is 14.5 Å². The van der Waals surface area contributed by atoms with Crippen LogP contribution in [0, 0.1) is 0 Å². The van der Waals surface area contributed by atoms with Crippen molar-refractivity contribution in [1.29, 1.82) is 0 Å². The third-order valence-electron chi connectivity index (χ3n) is 3.83.